The van der Waals surface area contributed by atoms with E-state index in [0.29, 0.717) is 5.69 Å². The van der Waals surface area contributed by atoms with Gasteiger partial charge in [0.1, 0.15) is 5.69 Å². The number of rotatable bonds is 5. The Morgan fingerprint density at radius 2 is 2.00 bits per heavy atom. The molecule has 0 fully saturated rings. The number of hydrogen-bond donors (Lipinski definition) is 2. The fourth-order valence-corrected chi connectivity index (χ4v) is 2.05. The Kier molecular flexibility index (Phi) is 4.36. The summed E-state index contributed by atoms with van der Waals surface area (Å²) in [6, 6.07) is 12.7. The third-order valence-electron chi connectivity index (χ3n) is 3.09. The molecule has 100 valence electrons. The van der Waals surface area contributed by atoms with Gasteiger partial charge in [-0.3, -0.25) is 4.79 Å². The van der Waals surface area contributed by atoms with Crippen molar-refractivity contribution in [2.75, 3.05) is 6.61 Å². The van der Waals surface area contributed by atoms with Gasteiger partial charge in [-0.15, -0.1) is 0 Å². The summed E-state index contributed by atoms with van der Waals surface area (Å²) in [6.07, 6.45) is 1.87. The summed E-state index contributed by atoms with van der Waals surface area (Å²) in [7, 11) is 0. The van der Waals surface area contributed by atoms with E-state index < -0.39 is 0 Å². The fraction of sp³-hybridized carbons (Fsp3) is 0.267. The van der Waals surface area contributed by atoms with Crippen molar-refractivity contribution in [3.8, 4) is 0 Å². The molecule has 0 aliphatic carbocycles. The molecule has 2 N–H and O–H groups in total. The van der Waals surface area contributed by atoms with Gasteiger partial charge in [0.2, 0.25) is 0 Å². The molecule has 2 rings (SSSR count). The van der Waals surface area contributed by atoms with Gasteiger partial charge in [0.25, 0.3) is 5.91 Å². The summed E-state index contributed by atoms with van der Waals surface area (Å²) in [5.74, 6) is -0.172. The minimum Gasteiger partial charge on any atom is -0.394 e. The summed E-state index contributed by atoms with van der Waals surface area (Å²) < 4.78 is 1.87. The normalized spacial score (nSPS) is 12.1. The third kappa shape index (κ3) is 3.03. The van der Waals surface area contributed by atoms with Crippen LogP contribution in [-0.2, 0) is 6.54 Å². The molecule has 0 radical (unpaired) electrons. The third-order valence-corrected chi connectivity index (χ3v) is 3.09. The number of benzene rings is 1. The molecule has 1 aromatic carbocycles. The molecular formula is C15H18N2O2. The lowest BCUT2D eigenvalue weighted by atomic mass is 10.1. The molecule has 0 aliphatic heterocycles. The van der Waals surface area contributed by atoms with Gasteiger partial charge in [0.05, 0.1) is 12.6 Å². The van der Waals surface area contributed by atoms with E-state index in [1.165, 1.54) is 0 Å². The maximum Gasteiger partial charge on any atom is 0.268 e. The summed E-state index contributed by atoms with van der Waals surface area (Å²) in [5.41, 5.74) is 1.50. The van der Waals surface area contributed by atoms with E-state index in [2.05, 4.69) is 5.32 Å². The standard InChI is InChI=1S/C15H18N2O2/c1-2-17-10-6-9-14(17)15(19)16-13(11-18)12-7-4-3-5-8-12/h3-10,13,18H,2,11H2,1H3,(H,16,19). The largest absolute Gasteiger partial charge is 0.394 e. The van der Waals surface area contributed by atoms with Crippen LogP contribution in [0.15, 0.2) is 48.7 Å². The number of hydrogen-bond acceptors (Lipinski definition) is 2. The van der Waals surface area contributed by atoms with Crippen LogP contribution >= 0.6 is 0 Å². The first-order valence-corrected chi connectivity index (χ1v) is 6.38. The number of aliphatic hydroxyl groups excluding tert-OH is 1. The predicted molar refractivity (Wildman–Crippen MR) is 73.8 cm³/mol. The predicted octanol–water partition coefficient (Wildman–Crippen LogP) is 1.97. The fourth-order valence-electron chi connectivity index (χ4n) is 2.05. The van der Waals surface area contributed by atoms with Crippen LogP contribution in [0.2, 0.25) is 0 Å². The molecule has 1 heterocycles. The van der Waals surface area contributed by atoms with Gasteiger partial charge in [0, 0.05) is 12.7 Å². The van der Waals surface area contributed by atoms with E-state index in [4.69, 9.17) is 0 Å². The van der Waals surface area contributed by atoms with Crippen LogP contribution in [0.5, 0.6) is 0 Å². The van der Waals surface area contributed by atoms with E-state index in [1.54, 1.807) is 6.07 Å². The topological polar surface area (TPSA) is 54.3 Å². The lowest BCUT2D eigenvalue weighted by Gasteiger charge is -2.17. The number of aliphatic hydroxyl groups is 1. The highest BCUT2D eigenvalue weighted by Gasteiger charge is 2.16. The van der Waals surface area contributed by atoms with Crippen LogP contribution in [0.3, 0.4) is 0 Å². The van der Waals surface area contributed by atoms with Crippen LogP contribution in [0.4, 0.5) is 0 Å². The molecule has 0 spiro atoms. The van der Waals surface area contributed by atoms with Gasteiger partial charge in [0.15, 0.2) is 0 Å². The highest BCUT2D eigenvalue weighted by atomic mass is 16.3. The van der Waals surface area contributed by atoms with E-state index in [0.717, 1.165) is 12.1 Å². The summed E-state index contributed by atoms with van der Waals surface area (Å²) in [4.78, 5) is 12.2. The molecule has 0 aliphatic rings. The number of aromatic nitrogens is 1. The van der Waals surface area contributed by atoms with Crippen molar-refractivity contribution >= 4 is 5.91 Å². The minimum absolute atomic E-state index is 0.122. The summed E-state index contributed by atoms with van der Waals surface area (Å²) in [6.45, 7) is 2.60. The van der Waals surface area contributed by atoms with Gasteiger partial charge >= 0.3 is 0 Å². The quantitative estimate of drug-likeness (QED) is 0.861. The van der Waals surface area contributed by atoms with Crippen molar-refractivity contribution in [3.05, 3.63) is 59.9 Å². The molecule has 1 atom stereocenters. The highest BCUT2D eigenvalue weighted by Crippen LogP contribution is 2.13. The van der Waals surface area contributed by atoms with Crippen LogP contribution in [0, 0.1) is 0 Å². The van der Waals surface area contributed by atoms with E-state index in [9.17, 15) is 9.90 Å². The van der Waals surface area contributed by atoms with Crippen LogP contribution in [0.1, 0.15) is 29.0 Å². The molecule has 0 saturated carbocycles. The van der Waals surface area contributed by atoms with Crippen molar-refractivity contribution in [2.45, 2.75) is 19.5 Å². The Hall–Kier alpha value is -2.07. The first kappa shape index (κ1) is 13.4. The Morgan fingerprint density at radius 3 is 2.63 bits per heavy atom. The number of amides is 1. The Labute approximate surface area is 112 Å². The van der Waals surface area contributed by atoms with E-state index in [1.807, 2.05) is 54.1 Å². The lowest BCUT2D eigenvalue weighted by molar-refractivity contribution is 0.0907. The Bertz CT molecular complexity index is 534. The average Bonchev–Trinajstić information content (AvgIpc) is 2.94. The number of aryl methyl sites for hydroxylation is 1. The van der Waals surface area contributed by atoms with Crippen LogP contribution in [0.25, 0.3) is 0 Å². The van der Waals surface area contributed by atoms with E-state index >= 15 is 0 Å². The van der Waals surface area contributed by atoms with Crippen molar-refractivity contribution in [1.29, 1.82) is 0 Å². The first-order chi connectivity index (χ1) is 9.26. The number of nitrogens with one attached hydrogen (secondary N) is 1. The highest BCUT2D eigenvalue weighted by molar-refractivity contribution is 5.93. The second-order valence-electron chi connectivity index (χ2n) is 4.30. The van der Waals surface area contributed by atoms with Gasteiger partial charge in [-0.25, -0.2) is 0 Å². The average molecular weight is 258 g/mol. The number of nitrogens with zero attached hydrogens (tertiary/aromatic N) is 1. The minimum atomic E-state index is -0.381. The summed E-state index contributed by atoms with van der Waals surface area (Å²) >= 11 is 0. The number of carbonyl (C=O) groups is 1. The maximum absolute atomic E-state index is 12.2. The van der Waals surface area contributed by atoms with Crippen LogP contribution < -0.4 is 5.32 Å². The van der Waals surface area contributed by atoms with Crippen LogP contribution in [-0.4, -0.2) is 22.2 Å². The zero-order chi connectivity index (χ0) is 13.7. The Balaban J connectivity index is 2.13. The molecule has 1 unspecified atom stereocenters. The summed E-state index contributed by atoms with van der Waals surface area (Å²) in [5, 5.41) is 12.3. The van der Waals surface area contributed by atoms with Gasteiger partial charge in [-0.05, 0) is 24.6 Å². The lowest BCUT2D eigenvalue weighted by Crippen LogP contribution is -2.32. The van der Waals surface area contributed by atoms with Crippen molar-refractivity contribution in [1.82, 2.24) is 9.88 Å². The zero-order valence-corrected chi connectivity index (χ0v) is 10.9. The molecule has 2 aromatic rings. The molecule has 1 aromatic heterocycles. The molecule has 0 bridgehead atoms. The second-order valence-corrected chi connectivity index (χ2v) is 4.30. The molecule has 4 heteroatoms. The van der Waals surface area contributed by atoms with Gasteiger partial charge in [-0.1, -0.05) is 30.3 Å². The molecular weight excluding hydrogens is 240 g/mol. The SMILES string of the molecule is CCn1cccc1C(=O)NC(CO)c1ccccc1. The molecule has 1 amide bonds. The molecule has 4 nitrogen and oxygen atoms in total. The molecule has 19 heavy (non-hydrogen) atoms. The first-order valence-electron chi connectivity index (χ1n) is 6.38. The monoisotopic (exact) mass is 258 g/mol. The number of carbonyl (C=O) groups excluding carboxylic acids is 1. The second kappa shape index (κ2) is 6.20. The van der Waals surface area contributed by atoms with E-state index in [-0.39, 0.29) is 18.6 Å². The van der Waals surface area contributed by atoms with Crippen molar-refractivity contribution in [3.63, 3.8) is 0 Å². The Morgan fingerprint density at radius 1 is 1.26 bits per heavy atom. The zero-order valence-electron chi connectivity index (χ0n) is 10.9. The molecule has 0 saturated heterocycles. The van der Waals surface area contributed by atoms with Crippen molar-refractivity contribution in [2.24, 2.45) is 0 Å². The van der Waals surface area contributed by atoms with Gasteiger partial charge < -0.3 is 15.0 Å². The van der Waals surface area contributed by atoms with Crippen molar-refractivity contribution < 1.29 is 9.90 Å². The maximum atomic E-state index is 12.2. The van der Waals surface area contributed by atoms with Gasteiger partial charge in [-0.2, -0.15) is 0 Å². The smallest absolute Gasteiger partial charge is 0.268 e.